The molecule has 120 valence electrons. The van der Waals surface area contributed by atoms with Crippen molar-refractivity contribution in [1.29, 1.82) is 0 Å². The second-order valence-corrected chi connectivity index (χ2v) is 7.04. The lowest BCUT2D eigenvalue weighted by Gasteiger charge is -2.39. The van der Waals surface area contributed by atoms with Crippen LogP contribution in [0.15, 0.2) is 11.8 Å². The van der Waals surface area contributed by atoms with Gasteiger partial charge in [-0.25, -0.2) is 0 Å². The molecule has 0 aromatic carbocycles. The minimum absolute atomic E-state index is 0.117. The third-order valence-electron chi connectivity index (χ3n) is 3.69. The minimum Gasteiger partial charge on any atom is -0.328 e. The number of amides is 2. The summed E-state index contributed by atoms with van der Waals surface area (Å²) in [5.41, 5.74) is 0.316. The number of nitrogens with zero attached hydrogens (tertiary/aromatic N) is 2. The van der Waals surface area contributed by atoms with E-state index in [-0.39, 0.29) is 23.7 Å². The average Bonchev–Trinajstić information content (AvgIpc) is 2.45. The Morgan fingerprint density at radius 2 is 1.81 bits per heavy atom. The van der Waals surface area contributed by atoms with E-state index in [4.69, 9.17) is 34.8 Å². The second kappa shape index (κ2) is 7.70. The molecule has 1 rings (SSSR count). The van der Waals surface area contributed by atoms with Crippen LogP contribution in [-0.2, 0) is 9.59 Å². The topological polar surface area (TPSA) is 40.6 Å². The summed E-state index contributed by atoms with van der Waals surface area (Å²) in [6.07, 6.45) is 2.19. The summed E-state index contributed by atoms with van der Waals surface area (Å²) in [7, 11) is 3.23. The molecule has 1 saturated heterocycles. The van der Waals surface area contributed by atoms with Crippen molar-refractivity contribution in [3.8, 4) is 0 Å². The van der Waals surface area contributed by atoms with Crippen molar-refractivity contribution in [2.45, 2.75) is 31.1 Å². The molecule has 0 radical (unpaired) electrons. The number of hydrogen-bond donors (Lipinski definition) is 0. The molecule has 1 aliphatic rings. The zero-order valence-electron chi connectivity index (χ0n) is 12.6. The first-order valence-corrected chi connectivity index (χ1v) is 8.22. The van der Waals surface area contributed by atoms with E-state index in [1.807, 2.05) is 6.92 Å². The number of carbonyl (C=O) groups excluding carboxylic acids is 2. The summed E-state index contributed by atoms with van der Waals surface area (Å²) in [4.78, 5) is 27.2. The van der Waals surface area contributed by atoms with Crippen LogP contribution in [0, 0.1) is 11.8 Å². The van der Waals surface area contributed by atoms with Crippen molar-refractivity contribution in [2.24, 2.45) is 11.8 Å². The lowest BCUT2D eigenvalue weighted by molar-refractivity contribution is -0.149. The van der Waals surface area contributed by atoms with Crippen molar-refractivity contribution in [3.63, 3.8) is 0 Å². The molecule has 0 aromatic rings. The van der Waals surface area contributed by atoms with E-state index in [2.05, 4.69) is 0 Å². The van der Waals surface area contributed by atoms with E-state index in [1.165, 1.54) is 9.80 Å². The molecule has 1 aliphatic heterocycles. The van der Waals surface area contributed by atoms with Gasteiger partial charge in [-0.15, -0.1) is 34.8 Å². The molecule has 0 bridgehead atoms. The third kappa shape index (κ3) is 4.27. The van der Waals surface area contributed by atoms with Gasteiger partial charge in [0.05, 0.1) is 0 Å². The molecular formula is C14H21Cl3N2O2. The van der Waals surface area contributed by atoms with E-state index in [0.717, 1.165) is 0 Å². The van der Waals surface area contributed by atoms with Gasteiger partial charge < -0.3 is 9.80 Å². The molecule has 7 heteroatoms. The Balaban J connectivity index is 3.02. The molecule has 1 heterocycles. The zero-order valence-corrected chi connectivity index (χ0v) is 14.9. The normalized spacial score (nSPS) is 25.0. The Morgan fingerprint density at radius 3 is 2.29 bits per heavy atom. The third-order valence-corrected chi connectivity index (χ3v) is 5.01. The standard InChI is InChI=1S/C14H21Cl3N2O2/c1-8(7-15)5-10-13(20)19(4)11(14(21)18(10)3)6-9(2)12(16)17/h6,8-10,12H,5,7H2,1-4H3/b11-6+/t8-,9+,10-/m0/s1. The van der Waals surface area contributed by atoms with Crippen LogP contribution in [-0.4, -0.2) is 52.5 Å². The van der Waals surface area contributed by atoms with Crippen molar-refractivity contribution in [2.75, 3.05) is 20.0 Å². The number of piperazine rings is 1. The van der Waals surface area contributed by atoms with Crippen LogP contribution in [0.25, 0.3) is 0 Å². The van der Waals surface area contributed by atoms with Gasteiger partial charge in [0.1, 0.15) is 16.6 Å². The molecule has 3 atom stereocenters. The molecule has 0 aliphatic carbocycles. The zero-order chi connectivity index (χ0) is 16.3. The second-order valence-electron chi connectivity index (χ2n) is 5.57. The molecule has 21 heavy (non-hydrogen) atoms. The molecule has 1 fully saturated rings. The fourth-order valence-electron chi connectivity index (χ4n) is 2.18. The summed E-state index contributed by atoms with van der Waals surface area (Å²) in [5.74, 6) is 0.0612. The molecule has 0 spiro atoms. The van der Waals surface area contributed by atoms with Crippen LogP contribution < -0.4 is 0 Å². The first-order chi connectivity index (χ1) is 9.70. The van der Waals surface area contributed by atoms with Crippen LogP contribution in [0.1, 0.15) is 20.3 Å². The highest BCUT2D eigenvalue weighted by Gasteiger charge is 2.39. The number of allylic oxidation sites excluding steroid dienone is 1. The van der Waals surface area contributed by atoms with Gasteiger partial charge >= 0.3 is 0 Å². The summed E-state index contributed by atoms with van der Waals surface area (Å²) < 4.78 is 0. The predicted molar refractivity (Wildman–Crippen MR) is 86.6 cm³/mol. The maximum Gasteiger partial charge on any atom is 0.270 e. The SMILES string of the molecule is C[C@H](CCl)C[C@H]1C(=O)N(C)/C(=C/[C@@H](C)C(Cl)Cl)C(=O)N1C. The molecule has 0 aromatic heterocycles. The first kappa shape index (κ1) is 18.6. The van der Waals surface area contributed by atoms with Crippen molar-refractivity contribution >= 4 is 46.6 Å². The quantitative estimate of drug-likeness (QED) is 0.562. The highest BCUT2D eigenvalue weighted by molar-refractivity contribution is 6.44. The Morgan fingerprint density at radius 1 is 1.24 bits per heavy atom. The minimum atomic E-state index is -0.631. The Kier molecular flexibility index (Phi) is 6.82. The number of alkyl halides is 3. The monoisotopic (exact) mass is 354 g/mol. The van der Waals surface area contributed by atoms with Gasteiger partial charge in [-0.1, -0.05) is 13.8 Å². The fourth-order valence-corrected chi connectivity index (χ4v) is 2.45. The predicted octanol–water partition coefficient (Wildman–Crippen LogP) is 2.87. The van der Waals surface area contributed by atoms with Gasteiger partial charge in [0.15, 0.2) is 0 Å². The molecule has 4 nitrogen and oxygen atoms in total. The highest BCUT2D eigenvalue weighted by atomic mass is 35.5. The van der Waals surface area contributed by atoms with E-state index in [0.29, 0.717) is 18.0 Å². The van der Waals surface area contributed by atoms with Crippen LogP contribution in [0.2, 0.25) is 0 Å². The van der Waals surface area contributed by atoms with Gasteiger partial charge in [0.25, 0.3) is 5.91 Å². The Bertz CT molecular complexity index is 440. The van der Waals surface area contributed by atoms with E-state index in [9.17, 15) is 9.59 Å². The van der Waals surface area contributed by atoms with Crippen LogP contribution in [0.5, 0.6) is 0 Å². The Labute approximate surface area is 141 Å². The summed E-state index contributed by atoms with van der Waals surface area (Å²) in [6, 6.07) is -0.480. The molecular weight excluding hydrogens is 335 g/mol. The lowest BCUT2D eigenvalue weighted by Crippen LogP contribution is -2.56. The van der Waals surface area contributed by atoms with Gasteiger partial charge in [0.2, 0.25) is 5.91 Å². The first-order valence-electron chi connectivity index (χ1n) is 6.81. The van der Waals surface area contributed by atoms with Gasteiger partial charge in [0, 0.05) is 25.9 Å². The van der Waals surface area contributed by atoms with Crippen LogP contribution in [0.3, 0.4) is 0 Å². The number of likely N-dealkylation sites (N-methyl/N-ethyl adjacent to an activating group) is 2. The largest absolute Gasteiger partial charge is 0.328 e. The van der Waals surface area contributed by atoms with Gasteiger partial charge in [-0.05, 0) is 18.4 Å². The molecule has 2 amide bonds. The maximum atomic E-state index is 12.5. The van der Waals surface area contributed by atoms with Crippen molar-refractivity contribution in [1.82, 2.24) is 9.80 Å². The van der Waals surface area contributed by atoms with Gasteiger partial charge in [-0.2, -0.15) is 0 Å². The van der Waals surface area contributed by atoms with Crippen LogP contribution in [0.4, 0.5) is 0 Å². The number of rotatable bonds is 5. The maximum absolute atomic E-state index is 12.5. The summed E-state index contributed by atoms with van der Waals surface area (Å²) in [6.45, 7) is 3.75. The molecule has 0 saturated carbocycles. The highest BCUT2D eigenvalue weighted by Crippen LogP contribution is 2.26. The Hall–Kier alpha value is -0.450. The fraction of sp³-hybridized carbons (Fsp3) is 0.714. The molecule has 0 N–H and O–H groups in total. The average molecular weight is 356 g/mol. The number of halogens is 3. The van der Waals surface area contributed by atoms with Gasteiger partial charge in [-0.3, -0.25) is 9.59 Å². The lowest BCUT2D eigenvalue weighted by atomic mass is 9.98. The van der Waals surface area contributed by atoms with E-state index >= 15 is 0 Å². The van der Waals surface area contributed by atoms with E-state index < -0.39 is 10.9 Å². The molecule has 0 unspecified atom stereocenters. The van der Waals surface area contributed by atoms with Crippen molar-refractivity contribution < 1.29 is 9.59 Å². The summed E-state index contributed by atoms with van der Waals surface area (Å²) >= 11 is 17.4. The smallest absolute Gasteiger partial charge is 0.270 e. The number of carbonyl (C=O) groups is 2. The number of hydrogen-bond acceptors (Lipinski definition) is 2. The van der Waals surface area contributed by atoms with Crippen molar-refractivity contribution in [3.05, 3.63) is 11.8 Å². The van der Waals surface area contributed by atoms with E-state index in [1.54, 1.807) is 27.1 Å². The van der Waals surface area contributed by atoms with Crippen LogP contribution >= 0.6 is 34.8 Å². The summed E-state index contributed by atoms with van der Waals surface area (Å²) in [5, 5.41) is 0.